The van der Waals surface area contributed by atoms with E-state index in [1.165, 1.54) is 11.3 Å². The van der Waals surface area contributed by atoms with E-state index in [-0.39, 0.29) is 12.5 Å². The van der Waals surface area contributed by atoms with Crippen LogP contribution in [0.3, 0.4) is 0 Å². The van der Waals surface area contributed by atoms with Crippen LogP contribution < -0.4 is 14.8 Å². The van der Waals surface area contributed by atoms with Gasteiger partial charge in [0.2, 0.25) is 0 Å². The van der Waals surface area contributed by atoms with E-state index >= 15 is 0 Å². The van der Waals surface area contributed by atoms with Gasteiger partial charge in [-0.1, -0.05) is 36.4 Å². The van der Waals surface area contributed by atoms with Gasteiger partial charge in [-0.15, -0.1) is 11.3 Å². The lowest BCUT2D eigenvalue weighted by Crippen LogP contribution is -2.19. The summed E-state index contributed by atoms with van der Waals surface area (Å²) in [7, 11) is 0. The summed E-state index contributed by atoms with van der Waals surface area (Å²) in [4.78, 5) is 16.5. The van der Waals surface area contributed by atoms with Gasteiger partial charge < -0.3 is 9.47 Å². The van der Waals surface area contributed by atoms with Crippen LogP contribution in [0.5, 0.6) is 17.2 Å². The number of hydrogen-bond donors (Lipinski definition) is 1. The Labute approximate surface area is 172 Å². The second-order valence-electron chi connectivity index (χ2n) is 6.13. The number of ether oxygens (including phenoxy) is 2. The molecule has 6 heteroatoms. The minimum absolute atomic E-state index is 0.0650. The number of aromatic nitrogens is 1. The van der Waals surface area contributed by atoms with Gasteiger partial charge in [0.15, 0.2) is 11.7 Å². The van der Waals surface area contributed by atoms with Crippen molar-refractivity contribution in [1.82, 2.24) is 4.98 Å². The minimum atomic E-state index is -0.249. The first-order chi connectivity index (χ1) is 14.3. The number of thiazole rings is 1. The third-order valence-corrected chi connectivity index (χ3v) is 4.75. The van der Waals surface area contributed by atoms with Crippen LogP contribution in [-0.4, -0.2) is 17.5 Å². The molecule has 0 fully saturated rings. The monoisotopic (exact) mass is 402 g/mol. The Kier molecular flexibility index (Phi) is 5.83. The highest BCUT2D eigenvalue weighted by atomic mass is 32.1. The summed E-state index contributed by atoms with van der Waals surface area (Å²) in [5, 5.41) is 5.20. The maximum Gasteiger partial charge on any atom is 0.264 e. The number of amides is 1. The molecule has 0 aliphatic heterocycles. The highest BCUT2D eigenvalue weighted by Gasteiger charge is 2.09. The molecule has 3 aromatic carbocycles. The number of anilines is 1. The minimum Gasteiger partial charge on any atom is -0.484 e. The van der Waals surface area contributed by atoms with Crippen molar-refractivity contribution in [2.45, 2.75) is 0 Å². The number of carbonyl (C=O) groups excluding carboxylic acids is 1. The average molecular weight is 402 g/mol. The van der Waals surface area contributed by atoms with Crippen molar-refractivity contribution in [3.05, 3.63) is 90.3 Å². The summed E-state index contributed by atoms with van der Waals surface area (Å²) >= 11 is 1.37. The zero-order valence-electron chi connectivity index (χ0n) is 15.4. The van der Waals surface area contributed by atoms with E-state index < -0.39 is 0 Å². The lowest BCUT2D eigenvalue weighted by Gasteiger charge is -2.06. The van der Waals surface area contributed by atoms with Crippen LogP contribution in [0.25, 0.3) is 11.3 Å². The van der Waals surface area contributed by atoms with E-state index in [1.54, 1.807) is 12.1 Å². The molecule has 1 heterocycles. The summed E-state index contributed by atoms with van der Waals surface area (Å²) in [6.07, 6.45) is 0. The molecule has 0 saturated heterocycles. The number of para-hydroxylation sites is 2. The van der Waals surface area contributed by atoms with Gasteiger partial charge in [-0.25, -0.2) is 4.98 Å². The smallest absolute Gasteiger partial charge is 0.264 e. The highest BCUT2D eigenvalue weighted by molar-refractivity contribution is 7.14. The Morgan fingerprint density at radius 2 is 1.45 bits per heavy atom. The van der Waals surface area contributed by atoms with Crippen molar-refractivity contribution in [3.63, 3.8) is 0 Å². The number of nitrogens with zero attached hydrogens (tertiary/aromatic N) is 1. The predicted molar refractivity (Wildman–Crippen MR) is 115 cm³/mol. The molecule has 0 saturated carbocycles. The summed E-state index contributed by atoms with van der Waals surface area (Å²) in [5.74, 6) is 1.94. The van der Waals surface area contributed by atoms with Crippen molar-refractivity contribution in [2.24, 2.45) is 0 Å². The van der Waals surface area contributed by atoms with Gasteiger partial charge in [-0.05, 0) is 48.5 Å². The number of carbonyl (C=O) groups is 1. The molecule has 0 aliphatic carbocycles. The zero-order chi connectivity index (χ0) is 19.9. The van der Waals surface area contributed by atoms with E-state index in [2.05, 4.69) is 10.3 Å². The number of nitrogens with one attached hydrogen (secondary N) is 1. The average Bonchev–Trinajstić information content (AvgIpc) is 3.23. The lowest BCUT2D eigenvalue weighted by atomic mass is 10.2. The Morgan fingerprint density at radius 1 is 0.828 bits per heavy atom. The fourth-order valence-electron chi connectivity index (χ4n) is 2.60. The summed E-state index contributed by atoms with van der Waals surface area (Å²) in [6.45, 7) is -0.0650. The van der Waals surface area contributed by atoms with Crippen LogP contribution in [0.15, 0.2) is 90.3 Å². The molecule has 0 aliphatic rings. The third-order valence-electron chi connectivity index (χ3n) is 3.99. The quantitative estimate of drug-likeness (QED) is 0.436. The maximum absolute atomic E-state index is 12.1. The normalized spacial score (nSPS) is 10.3. The molecule has 1 N–H and O–H groups in total. The van der Waals surface area contributed by atoms with Gasteiger partial charge >= 0.3 is 0 Å². The lowest BCUT2D eigenvalue weighted by molar-refractivity contribution is -0.118. The summed E-state index contributed by atoms with van der Waals surface area (Å²) in [5.41, 5.74) is 1.74. The molecule has 0 atom stereocenters. The van der Waals surface area contributed by atoms with Gasteiger partial charge in [0.25, 0.3) is 5.91 Å². The van der Waals surface area contributed by atoms with Crippen molar-refractivity contribution >= 4 is 22.4 Å². The fourth-order valence-corrected chi connectivity index (χ4v) is 3.34. The van der Waals surface area contributed by atoms with Gasteiger partial charge in [0, 0.05) is 10.9 Å². The van der Waals surface area contributed by atoms with Crippen LogP contribution in [-0.2, 0) is 4.79 Å². The van der Waals surface area contributed by atoms with E-state index in [0.717, 1.165) is 22.8 Å². The van der Waals surface area contributed by atoms with E-state index in [0.29, 0.717) is 10.9 Å². The first-order valence-electron chi connectivity index (χ1n) is 9.03. The standard InChI is InChI=1S/C23H18N2O3S/c26-22(15-27-18-7-3-1-4-8-18)25-23-24-21(16-29-23)17-11-13-20(14-12-17)28-19-9-5-2-6-10-19/h1-14,16H,15H2,(H,24,25,26). The van der Waals surface area contributed by atoms with Crippen LogP contribution in [0.2, 0.25) is 0 Å². The molecular weight excluding hydrogens is 384 g/mol. The third kappa shape index (κ3) is 5.21. The molecule has 5 nitrogen and oxygen atoms in total. The van der Waals surface area contributed by atoms with Crippen molar-refractivity contribution in [3.8, 4) is 28.5 Å². The molecule has 1 aromatic heterocycles. The Bertz CT molecular complexity index is 1060. The van der Waals surface area contributed by atoms with E-state index in [9.17, 15) is 4.79 Å². The molecule has 29 heavy (non-hydrogen) atoms. The molecular formula is C23H18N2O3S. The number of hydrogen-bond acceptors (Lipinski definition) is 5. The van der Waals surface area contributed by atoms with Gasteiger partial charge in [-0.2, -0.15) is 0 Å². The van der Waals surface area contributed by atoms with Crippen molar-refractivity contribution in [2.75, 3.05) is 11.9 Å². The topological polar surface area (TPSA) is 60.5 Å². The molecule has 4 rings (SSSR count). The summed E-state index contributed by atoms with van der Waals surface area (Å²) in [6, 6.07) is 26.5. The maximum atomic E-state index is 12.1. The molecule has 0 unspecified atom stereocenters. The molecule has 0 spiro atoms. The zero-order valence-corrected chi connectivity index (χ0v) is 16.3. The van der Waals surface area contributed by atoms with Crippen LogP contribution in [0, 0.1) is 0 Å². The van der Waals surface area contributed by atoms with Gasteiger partial charge in [0.1, 0.15) is 17.2 Å². The SMILES string of the molecule is O=C(COc1ccccc1)Nc1nc(-c2ccc(Oc3ccccc3)cc2)cs1. The van der Waals surface area contributed by atoms with Crippen LogP contribution in [0.4, 0.5) is 5.13 Å². The first kappa shape index (κ1) is 18.7. The highest BCUT2D eigenvalue weighted by Crippen LogP contribution is 2.28. The fraction of sp³-hybridized carbons (Fsp3) is 0.0435. The van der Waals surface area contributed by atoms with Crippen LogP contribution in [0.1, 0.15) is 0 Å². The molecule has 1 amide bonds. The Balaban J connectivity index is 1.34. The first-order valence-corrected chi connectivity index (χ1v) is 9.91. The largest absolute Gasteiger partial charge is 0.484 e. The molecule has 0 bridgehead atoms. The second-order valence-corrected chi connectivity index (χ2v) is 6.99. The predicted octanol–water partition coefficient (Wildman–Crippen LogP) is 5.62. The Morgan fingerprint density at radius 3 is 2.14 bits per heavy atom. The summed E-state index contributed by atoms with van der Waals surface area (Å²) < 4.78 is 11.2. The van der Waals surface area contributed by atoms with Gasteiger partial charge in [-0.3, -0.25) is 10.1 Å². The number of benzene rings is 3. The van der Waals surface area contributed by atoms with E-state index in [1.807, 2.05) is 78.2 Å². The van der Waals surface area contributed by atoms with E-state index in [4.69, 9.17) is 9.47 Å². The van der Waals surface area contributed by atoms with Crippen molar-refractivity contribution in [1.29, 1.82) is 0 Å². The Hall–Kier alpha value is -3.64. The molecule has 144 valence electrons. The van der Waals surface area contributed by atoms with Crippen LogP contribution >= 0.6 is 11.3 Å². The van der Waals surface area contributed by atoms with Crippen molar-refractivity contribution < 1.29 is 14.3 Å². The second kappa shape index (κ2) is 9.03. The molecule has 4 aromatic rings. The molecule has 0 radical (unpaired) electrons. The van der Waals surface area contributed by atoms with Gasteiger partial charge in [0.05, 0.1) is 5.69 Å². The number of rotatable bonds is 7.